The molecule has 1 aromatic rings. The van der Waals surface area contributed by atoms with Crippen LogP contribution in [-0.4, -0.2) is 61.4 Å². The molecule has 0 unspecified atom stereocenters. The van der Waals surface area contributed by atoms with Gasteiger partial charge in [0.05, 0.1) is 13.2 Å². The molecule has 1 aromatic heterocycles. The summed E-state index contributed by atoms with van der Waals surface area (Å²) in [5.74, 6) is 2.20. The van der Waals surface area contributed by atoms with Crippen molar-refractivity contribution in [2.45, 2.75) is 19.3 Å². The minimum Gasteiger partial charge on any atom is -0.378 e. The Balaban J connectivity index is 1.85. The van der Waals surface area contributed by atoms with Crippen LogP contribution in [0.4, 0.5) is 17.8 Å². The minimum atomic E-state index is 0.641. The third-order valence-electron chi connectivity index (χ3n) is 3.77. The fraction of sp³-hybridized carbons (Fsp3) is 0.769. The molecule has 3 rings (SSSR count). The minimum absolute atomic E-state index is 0.641. The van der Waals surface area contributed by atoms with E-state index in [2.05, 4.69) is 30.1 Å². The Morgan fingerprint density at radius 1 is 0.850 bits per heavy atom. The average Bonchev–Trinajstić information content (AvgIpc) is 2.56. The Kier molecular flexibility index (Phi) is 4.15. The number of morpholine rings is 1. The molecule has 0 saturated carbocycles. The molecule has 0 bridgehead atoms. The molecular weight excluding hydrogens is 256 g/mol. The first-order valence-corrected chi connectivity index (χ1v) is 7.38. The van der Waals surface area contributed by atoms with E-state index in [1.54, 1.807) is 0 Å². The maximum atomic E-state index is 5.39. The Morgan fingerprint density at radius 2 is 1.45 bits per heavy atom. The van der Waals surface area contributed by atoms with E-state index in [1.165, 1.54) is 19.3 Å². The molecule has 3 heterocycles. The second-order valence-electron chi connectivity index (χ2n) is 5.16. The molecule has 0 aromatic carbocycles. The summed E-state index contributed by atoms with van der Waals surface area (Å²) in [5.41, 5.74) is 0. The number of ether oxygens (including phenoxy) is 1. The number of piperidine rings is 1. The average molecular weight is 278 g/mol. The van der Waals surface area contributed by atoms with Gasteiger partial charge in [-0.2, -0.15) is 15.0 Å². The molecule has 2 saturated heterocycles. The van der Waals surface area contributed by atoms with Gasteiger partial charge in [0.25, 0.3) is 0 Å². The summed E-state index contributed by atoms with van der Waals surface area (Å²) in [4.78, 5) is 18.1. The molecular formula is C13H22N6O. The number of aromatic nitrogens is 3. The number of rotatable bonds is 3. The largest absolute Gasteiger partial charge is 0.378 e. The third kappa shape index (κ3) is 2.92. The SMILES string of the molecule is CNc1nc(N2CCCCC2)nc(N2CCOCC2)n1. The van der Waals surface area contributed by atoms with Crippen molar-refractivity contribution in [3.05, 3.63) is 0 Å². The second kappa shape index (κ2) is 6.21. The summed E-state index contributed by atoms with van der Waals surface area (Å²) in [6, 6.07) is 0. The Hall–Kier alpha value is -1.63. The molecule has 2 aliphatic heterocycles. The maximum absolute atomic E-state index is 5.39. The molecule has 7 nitrogen and oxygen atoms in total. The number of nitrogens with one attached hydrogen (secondary N) is 1. The summed E-state index contributed by atoms with van der Waals surface area (Å²) in [6.45, 7) is 5.23. The standard InChI is InChI=1S/C13H22N6O/c1-14-11-15-12(18-5-3-2-4-6-18)17-13(16-11)19-7-9-20-10-8-19/h2-10H2,1H3,(H,14,15,16,17). The number of hydrogen-bond donors (Lipinski definition) is 1. The lowest BCUT2D eigenvalue weighted by molar-refractivity contribution is 0.122. The van der Waals surface area contributed by atoms with Crippen LogP contribution in [-0.2, 0) is 4.74 Å². The van der Waals surface area contributed by atoms with E-state index < -0.39 is 0 Å². The van der Waals surface area contributed by atoms with Crippen LogP contribution in [0.5, 0.6) is 0 Å². The molecule has 0 atom stereocenters. The molecule has 0 radical (unpaired) electrons. The molecule has 110 valence electrons. The molecule has 7 heteroatoms. The smallest absolute Gasteiger partial charge is 0.232 e. The van der Waals surface area contributed by atoms with E-state index in [9.17, 15) is 0 Å². The van der Waals surface area contributed by atoms with Crippen molar-refractivity contribution in [3.8, 4) is 0 Å². The normalized spacial score (nSPS) is 20.1. The topological polar surface area (TPSA) is 66.4 Å². The van der Waals surface area contributed by atoms with Gasteiger partial charge in [0.1, 0.15) is 0 Å². The van der Waals surface area contributed by atoms with Crippen LogP contribution in [0.2, 0.25) is 0 Å². The maximum Gasteiger partial charge on any atom is 0.232 e. The van der Waals surface area contributed by atoms with E-state index in [4.69, 9.17) is 4.74 Å². The second-order valence-corrected chi connectivity index (χ2v) is 5.16. The van der Waals surface area contributed by atoms with Crippen LogP contribution < -0.4 is 15.1 Å². The predicted molar refractivity (Wildman–Crippen MR) is 78.5 cm³/mol. The summed E-state index contributed by atoms with van der Waals surface area (Å²) < 4.78 is 5.39. The first kappa shape index (κ1) is 13.4. The van der Waals surface area contributed by atoms with Crippen molar-refractivity contribution in [1.29, 1.82) is 0 Å². The zero-order valence-corrected chi connectivity index (χ0v) is 12.0. The van der Waals surface area contributed by atoms with E-state index in [1.807, 2.05) is 7.05 Å². The third-order valence-corrected chi connectivity index (χ3v) is 3.77. The molecule has 0 aliphatic carbocycles. The van der Waals surface area contributed by atoms with Crippen LogP contribution in [0.15, 0.2) is 0 Å². The Labute approximate surface area is 119 Å². The fourth-order valence-electron chi connectivity index (χ4n) is 2.61. The zero-order valence-electron chi connectivity index (χ0n) is 12.0. The Bertz CT molecular complexity index is 406. The molecule has 2 fully saturated rings. The first-order valence-electron chi connectivity index (χ1n) is 7.38. The molecule has 0 spiro atoms. The lowest BCUT2D eigenvalue weighted by Crippen LogP contribution is -2.38. The van der Waals surface area contributed by atoms with Gasteiger partial charge in [-0.25, -0.2) is 0 Å². The van der Waals surface area contributed by atoms with Crippen molar-refractivity contribution in [2.24, 2.45) is 0 Å². The van der Waals surface area contributed by atoms with E-state index >= 15 is 0 Å². The van der Waals surface area contributed by atoms with Gasteiger partial charge in [0, 0.05) is 33.2 Å². The van der Waals surface area contributed by atoms with Gasteiger partial charge in [0.15, 0.2) is 0 Å². The number of hydrogen-bond acceptors (Lipinski definition) is 7. The summed E-state index contributed by atoms with van der Waals surface area (Å²) in [7, 11) is 1.85. The van der Waals surface area contributed by atoms with Gasteiger partial charge in [-0.1, -0.05) is 0 Å². The number of nitrogens with zero attached hydrogens (tertiary/aromatic N) is 5. The highest BCUT2D eigenvalue weighted by Gasteiger charge is 2.19. The van der Waals surface area contributed by atoms with Crippen LogP contribution in [0, 0.1) is 0 Å². The predicted octanol–water partition coefficient (Wildman–Crippen LogP) is 0.740. The van der Waals surface area contributed by atoms with Gasteiger partial charge in [-0.15, -0.1) is 0 Å². The van der Waals surface area contributed by atoms with Gasteiger partial charge in [-0.05, 0) is 19.3 Å². The zero-order chi connectivity index (χ0) is 13.8. The molecule has 1 N–H and O–H groups in total. The van der Waals surface area contributed by atoms with Crippen LogP contribution in [0.3, 0.4) is 0 Å². The van der Waals surface area contributed by atoms with Crippen molar-refractivity contribution in [3.63, 3.8) is 0 Å². The lowest BCUT2D eigenvalue weighted by atomic mass is 10.1. The highest BCUT2D eigenvalue weighted by atomic mass is 16.5. The van der Waals surface area contributed by atoms with Crippen molar-refractivity contribution >= 4 is 17.8 Å². The van der Waals surface area contributed by atoms with Crippen molar-refractivity contribution < 1.29 is 4.74 Å². The van der Waals surface area contributed by atoms with Crippen molar-refractivity contribution in [1.82, 2.24) is 15.0 Å². The van der Waals surface area contributed by atoms with Crippen LogP contribution in [0.1, 0.15) is 19.3 Å². The summed E-state index contributed by atoms with van der Waals surface area (Å²) in [6.07, 6.45) is 3.73. The highest BCUT2D eigenvalue weighted by molar-refractivity contribution is 5.45. The lowest BCUT2D eigenvalue weighted by Gasteiger charge is -2.30. The first-order chi connectivity index (χ1) is 9.86. The molecule has 20 heavy (non-hydrogen) atoms. The highest BCUT2D eigenvalue weighted by Crippen LogP contribution is 2.20. The van der Waals surface area contributed by atoms with Gasteiger partial charge in [0.2, 0.25) is 17.8 Å². The van der Waals surface area contributed by atoms with Crippen molar-refractivity contribution in [2.75, 3.05) is 61.6 Å². The quantitative estimate of drug-likeness (QED) is 0.874. The molecule has 0 amide bonds. The Morgan fingerprint density at radius 3 is 2.05 bits per heavy atom. The fourth-order valence-corrected chi connectivity index (χ4v) is 2.61. The molecule has 2 aliphatic rings. The van der Waals surface area contributed by atoms with Crippen LogP contribution in [0.25, 0.3) is 0 Å². The number of anilines is 3. The van der Waals surface area contributed by atoms with E-state index in [0.29, 0.717) is 5.95 Å². The van der Waals surface area contributed by atoms with Gasteiger partial charge >= 0.3 is 0 Å². The summed E-state index contributed by atoms with van der Waals surface area (Å²) >= 11 is 0. The van der Waals surface area contributed by atoms with Gasteiger partial charge in [-0.3, -0.25) is 0 Å². The monoisotopic (exact) mass is 278 g/mol. The summed E-state index contributed by atoms with van der Waals surface area (Å²) in [5, 5.41) is 3.04. The van der Waals surface area contributed by atoms with E-state index in [0.717, 1.165) is 51.3 Å². The van der Waals surface area contributed by atoms with Gasteiger partial charge < -0.3 is 19.9 Å². The van der Waals surface area contributed by atoms with E-state index in [-0.39, 0.29) is 0 Å². The van der Waals surface area contributed by atoms with Crippen LogP contribution >= 0.6 is 0 Å².